The third kappa shape index (κ3) is 4.02. The Bertz CT molecular complexity index is 799. The summed E-state index contributed by atoms with van der Waals surface area (Å²) in [6.07, 6.45) is 5.73. The average Bonchev–Trinajstić information content (AvgIpc) is 3.01. The molecule has 2 rings (SSSR count). The number of thiazole rings is 1. The first kappa shape index (κ1) is 14.5. The van der Waals surface area contributed by atoms with Crippen molar-refractivity contribution >= 4 is 34.1 Å². The molecule has 0 fully saturated rings. The van der Waals surface area contributed by atoms with E-state index in [0.717, 1.165) is 5.56 Å². The summed E-state index contributed by atoms with van der Waals surface area (Å²) in [6, 6.07) is 6.46. The number of terminal acetylenes is 1. The predicted octanol–water partition coefficient (Wildman–Crippen LogP) is 2.85. The van der Waals surface area contributed by atoms with Crippen molar-refractivity contribution in [2.24, 2.45) is 0 Å². The Morgan fingerprint density at radius 3 is 2.87 bits per heavy atom. The van der Waals surface area contributed by atoms with Gasteiger partial charge in [-0.05, 0) is 24.6 Å². The number of halogens is 1. The van der Waals surface area contributed by atoms with Crippen molar-refractivity contribution in [3.63, 3.8) is 0 Å². The first-order valence-corrected chi connectivity index (χ1v) is 7.87. The van der Waals surface area contributed by atoms with E-state index in [1.807, 2.05) is 19.1 Å². The quantitative estimate of drug-likeness (QED) is 0.725. The van der Waals surface area contributed by atoms with Gasteiger partial charge in [0.1, 0.15) is 0 Å². The molecule has 0 aliphatic heterocycles. The zero-order valence-electron chi connectivity index (χ0n) is 14.3. The summed E-state index contributed by atoms with van der Waals surface area (Å²) >= 11 is 7.10. The highest BCUT2D eigenvalue weighted by Crippen LogP contribution is 2.33. The number of urea groups is 1. The van der Waals surface area contributed by atoms with Gasteiger partial charge in [-0.25, -0.2) is 9.78 Å². The Morgan fingerprint density at radius 2 is 2.26 bits per heavy atom. The minimum absolute atomic E-state index is 0.307. The van der Waals surface area contributed by atoms with Gasteiger partial charge in [0.2, 0.25) is 0 Å². The van der Waals surface area contributed by atoms with Crippen LogP contribution < -0.4 is 10.6 Å². The number of aromatic nitrogens is 1. The van der Waals surface area contributed by atoms with Crippen LogP contribution in [0.1, 0.15) is 20.9 Å². The van der Waals surface area contributed by atoms with E-state index in [-0.39, 0.29) is 0 Å². The van der Waals surface area contributed by atoms with Gasteiger partial charge in [-0.2, -0.15) is 0 Å². The highest BCUT2D eigenvalue weighted by atomic mass is 35.5. The van der Waals surface area contributed by atoms with E-state index < -0.39 is 24.5 Å². The molecule has 2 aromatic rings. The number of anilines is 1. The molecule has 7 heteroatoms. The standard InChI is InChI=1S/C16H16ClN3O2S/c1-3-16(2,11-4-6-12(17)7-5-11)13-10-23-15(19-13)20-14(22)18-8-9-21/h1,4-7,10,21H,8-9H2,2H3,(H2,18,19,20,22)/i9D2. The summed E-state index contributed by atoms with van der Waals surface area (Å²) in [6.45, 7) is -1.18. The summed E-state index contributed by atoms with van der Waals surface area (Å²) in [5, 5.41) is 16.3. The van der Waals surface area contributed by atoms with Crippen LogP contribution in [0.4, 0.5) is 9.93 Å². The summed E-state index contributed by atoms with van der Waals surface area (Å²) in [7, 11) is 0. The Morgan fingerprint density at radius 1 is 1.57 bits per heavy atom. The van der Waals surface area contributed by atoms with E-state index in [4.69, 9.17) is 25.9 Å². The molecular formula is C16H16ClN3O2S. The number of carbonyl (C=O) groups excluding carboxylic acids is 1. The van der Waals surface area contributed by atoms with Gasteiger partial charge in [0.25, 0.3) is 0 Å². The average molecular weight is 352 g/mol. The molecule has 1 aromatic heterocycles. The van der Waals surface area contributed by atoms with E-state index in [1.54, 1.807) is 17.5 Å². The lowest BCUT2D eigenvalue weighted by Gasteiger charge is -2.22. The molecule has 1 aromatic carbocycles. The molecule has 0 aliphatic rings. The molecular weight excluding hydrogens is 334 g/mol. The number of amides is 2. The summed E-state index contributed by atoms with van der Waals surface area (Å²) in [5.41, 5.74) is 0.643. The minimum Gasteiger partial charge on any atom is -0.395 e. The second kappa shape index (κ2) is 7.47. The predicted molar refractivity (Wildman–Crippen MR) is 93.0 cm³/mol. The van der Waals surface area contributed by atoms with E-state index in [0.29, 0.717) is 15.8 Å². The van der Waals surface area contributed by atoms with Crippen molar-refractivity contribution in [2.45, 2.75) is 12.3 Å². The molecule has 5 nitrogen and oxygen atoms in total. The first-order valence-electron chi connectivity index (χ1n) is 7.61. The number of benzene rings is 1. The van der Waals surface area contributed by atoms with Gasteiger partial charge in [-0.1, -0.05) is 29.7 Å². The molecule has 1 atom stereocenters. The fourth-order valence-corrected chi connectivity index (χ4v) is 2.85. The van der Waals surface area contributed by atoms with Crippen LogP contribution in [-0.2, 0) is 5.41 Å². The number of nitrogens with one attached hydrogen (secondary N) is 2. The third-order valence-corrected chi connectivity index (χ3v) is 4.28. The maximum atomic E-state index is 11.7. The number of rotatable bonds is 5. The normalized spacial score (nSPS) is 14.9. The van der Waals surface area contributed by atoms with Crippen LogP contribution in [0.25, 0.3) is 0 Å². The Balaban J connectivity index is 2.15. The molecule has 0 spiro atoms. The first-order chi connectivity index (χ1) is 11.6. The molecule has 0 saturated heterocycles. The van der Waals surface area contributed by atoms with Gasteiger partial charge in [0.05, 0.1) is 20.4 Å². The van der Waals surface area contributed by atoms with Crippen LogP contribution in [0, 0.1) is 12.3 Å². The zero-order valence-corrected chi connectivity index (χ0v) is 13.8. The van der Waals surface area contributed by atoms with Gasteiger partial charge >= 0.3 is 6.03 Å². The van der Waals surface area contributed by atoms with Crippen LogP contribution >= 0.6 is 22.9 Å². The lowest BCUT2D eigenvalue weighted by Crippen LogP contribution is -2.31. The van der Waals surface area contributed by atoms with Crippen LogP contribution in [0.5, 0.6) is 0 Å². The van der Waals surface area contributed by atoms with Crippen molar-refractivity contribution in [1.29, 1.82) is 0 Å². The largest absolute Gasteiger partial charge is 0.395 e. The molecule has 1 heterocycles. The number of carbonyl (C=O) groups is 1. The highest BCUT2D eigenvalue weighted by Gasteiger charge is 2.29. The highest BCUT2D eigenvalue weighted by molar-refractivity contribution is 7.14. The third-order valence-electron chi connectivity index (χ3n) is 3.28. The molecule has 1 unspecified atom stereocenters. The van der Waals surface area contributed by atoms with E-state index in [9.17, 15) is 4.79 Å². The zero-order chi connectivity index (χ0) is 18.7. The number of nitrogens with zero attached hydrogens (tertiary/aromatic N) is 1. The molecule has 0 aliphatic carbocycles. The molecule has 3 N–H and O–H groups in total. The van der Waals surface area contributed by atoms with Crippen LogP contribution in [-0.4, -0.2) is 29.2 Å². The fraction of sp³-hybridized carbons (Fsp3) is 0.250. The molecule has 0 radical (unpaired) electrons. The summed E-state index contributed by atoms with van der Waals surface area (Å²) < 4.78 is 13.9. The van der Waals surface area contributed by atoms with Crippen molar-refractivity contribution in [1.82, 2.24) is 10.3 Å². The van der Waals surface area contributed by atoms with E-state index in [1.165, 1.54) is 11.3 Å². The maximum absolute atomic E-state index is 11.7. The van der Waals surface area contributed by atoms with Gasteiger partial charge in [-0.3, -0.25) is 5.32 Å². The SMILES string of the molecule is [2H]C([2H])(O)CNC(=O)Nc1nc(C(C)(C#C)c2ccc(Cl)cc2)cs1. The number of aliphatic hydroxyl groups is 1. The Labute approximate surface area is 146 Å². The van der Waals surface area contributed by atoms with Gasteiger partial charge in [-0.15, -0.1) is 17.8 Å². The van der Waals surface area contributed by atoms with Crippen LogP contribution in [0.3, 0.4) is 0 Å². The summed E-state index contributed by atoms with van der Waals surface area (Å²) in [5.74, 6) is 2.73. The van der Waals surface area contributed by atoms with Crippen molar-refractivity contribution in [2.75, 3.05) is 18.4 Å². The second-order valence-corrected chi connectivity index (χ2v) is 6.07. The van der Waals surface area contributed by atoms with Gasteiger partial charge in [0, 0.05) is 16.9 Å². The van der Waals surface area contributed by atoms with Crippen molar-refractivity contribution < 1.29 is 12.6 Å². The van der Waals surface area contributed by atoms with Crippen LogP contribution in [0.2, 0.25) is 5.02 Å². The van der Waals surface area contributed by atoms with E-state index in [2.05, 4.69) is 21.5 Å². The summed E-state index contributed by atoms with van der Waals surface area (Å²) in [4.78, 5) is 16.1. The Kier molecular flexibility index (Phi) is 4.71. The van der Waals surface area contributed by atoms with Crippen molar-refractivity contribution in [3.05, 3.63) is 45.9 Å². The fourth-order valence-electron chi connectivity index (χ4n) is 1.91. The van der Waals surface area contributed by atoms with Gasteiger partial charge < -0.3 is 10.4 Å². The molecule has 0 saturated carbocycles. The smallest absolute Gasteiger partial charge is 0.321 e. The molecule has 0 bridgehead atoms. The number of hydrogen-bond donors (Lipinski definition) is 3. The minimum atomic E-state index is -2.48. The van der Waals surface area contributed by atoms with E-state index >= 15 is 0 Å². The second-order valence-electron chi connectivity index (χ2n) is 4.78. The Hall–Kier alpha value is -2.07. The van der Waals surface area contributed by atoms with Crippen LogP contribution in [0.15, 0.2) is 29.6 Å². The lowest BCUT2D eigenvalue weighted by atomic mass is 9.81. The van der Waals surface area contributed by atoms with Gasteiger partial charge in [0.15, 0.2) is 5.13 Å². The molecule has 2 amide bonds. The lowest BCUT2D eigenvalue weighted by molar-refractivity contribution is 0.245. The monoisotopic (exact) mass is 351 g/mol. The topological polar surface area (TPSA) is 74.2 Å². The maximum Gasteiger partial charge on any atom is 0.321 e. The molecule has 23 heavy (non-hydrogen) atoms. The molecule has 120 valence electrons. The van der Waals surface area contributed by atoms with Crippen molar-refractivity contribution in [3.8, 4) is 12.3 Å². The number of hydrogen-bond acceptors (Lipinski definition) is 4.